The van der Waals surface area contributed by atoms with Crippen LogP contribution in [-0.4, -0.2) is 50.9 Å². The van der Waals surface area contributed by atoms with Gasteiger partial charge in [0.1, 0.15) is 18.3 Å². The van der Waals surface area contributed by atoms with Gasteiger partial charge in [-0.1, -0.05) is 95.9 Å². The Hall–Kier alpha value is -4.15. The van der Waals surface area contributed by atoms with E-state index >= 15 is 0 Å². The third kappa shape index (κ3) is 9.02. The first-order chi connectivity index (χ1) is 22.7. The maximum absolute atomic E-state index is 14.7. The Balaban J connectivity index is 1.56. The van der Waals surface area contributed by atoms with Crippen molar-refractivity contribution in [2.45, 2.75) is 62.0 Å². The number of nitrogens with zero attached hydrogens (tertiary/aromatic N) is 2. The molecule has 0 bridgehead atoms. The average Bonchev–Trinajstić information content (AvgIpc) is 3.10. The van der Waals surface area contributed by atoms with Gasteiger partial charge in [0.05, 0.1) is 17.7 Å². The zero-order chi connectivity index (χ0) is 33.2. The molecular formula is C37H40BrN3O5S. The number of methoxy groups -OCH3 is 1. The van der Waals surface area contributed by atoms with Crippen LogP contribution in [-0.2, 0) is 32.6 Å². The standard InChI is InChI=1S/C37H40BrN3O5S/c1-46-33-17-11-14-29(24-33)26-40(35(25-28-12-5-2-6-13-28)37(43)39-31-15-7-3-8-16-31)36(42)27-41(32-22-20-30(38)21-23-32)47(44,45)34-18-9-4-10-19-34/h2,4-6,9-14,17-24,31,35H,3,7-8,15-16,25-27H2,1H3,(H,39,43). The van der Waals surface area contributed by atoms with Crippen molar-refractivity contribution in [3.05, 3.63) is 125 Å². The number of carbonyl (C=O) groups excluding carboxylic acids is 2. The molecule has 2 amide bonds. The zero-order valence-electron chi connectivity index (χ0n) is 26.4. The molecule has 1 aliphatic rings. The van der Waals surface area contributed by atoms with Crippen LogP contribution in [0.2, 0.25) is 0 Å². The van der Waals surface area contributed by atoms with E-state index in [4.69, 9.17) is 4.74 Å². The van der Waals surface area contributed by atoms with Crippen LogP contribution in [0, 0.1) is 0 Å². The molecule has 0 spiro atoms. The second-order valence-electron chi connectivity index (χ2n) is 11.7. The number of sulfonamides is 1. The largest absolute Gasteiger partial charge is 0.497 e. The lowest BCUT2D eigenvalue weighted by Crippen LogP contribution is -2.55. The molecule has 5 rings (SSSR count). The molecule has 0 saturated heterocycles. The van der Waals surface area contributed by atoms with Crippen LogP contribution in [0.15, 0.2) is 119 Å². The summed E-state index contributed by atoms with van der Waals surface area (Å²) in [5, 5.41) is 3.24. The summed E-state index contributed by atoms with van der Waals surface area (Å²) in [4.78, 5) is 30.5. The Labute approximate surface area is 285 Å². The second-order valence-corrected chi connectivity index (χ2v) is 14.5. The van der Waals surface area contributed by atoms with Crippen LogP contribution in [0.5, 0.6) is 5.75 Å². The van der Waals surface area contributed by atoms with E-state index in [1.165, 1.54) is 17.0 Å². The van der Waals surface area contributed by atoms with Crippen molar-refractivity contribution >= 4 is 43.5 Å². The van der Waals surface area contributed by atoms with Gasteiger partial charge in [0.25, 0.3) is 10.0 Å². The maximum atomic E-state index is 14.7. The summed E-state index contributed by atoms with van der Waals surface area (Å²) in [6, 6.07) is 30.9. The van der Waals surface area contributed by atoms with E-state index in [-0.39, 0.29) is 29.8 Å². The topological polar surface area (TPSA) is 96.0 Å². The van der Waals surface area contributed by atoms with E-state index in [0.717, 1.165) is 52.0 Å². The maximum Gasteiger partial charge on any atom is 0.264 e. The van der Waals surface area contributed by atoms with Crippen LogP contribution < -0.4 is 14.4 Å². The third-order valence-electron chi connectivity index (χ3n) is 8.43. The van der Waals surface area contributed by atoms with E-state index < -0.39 is 28.5 Å². The van der Waals surface area contributed by atoms with E-state index in [1.54, 1.807) is 49.6 Å². The second kappa shape index (κ2) is 16.1. The number of halogens is 1. The molecule has 1 fully saturated rings. The van der Waals surface area contributed by atoms with Gasteiger partial charge < -0.3 is 15.0 Å². The molecule has 4 aromatic rings. The molecule has 8 nitrogen and oxygen atoms in total. The number of anilines is 1. The van der Waals surface area contributed by atoms with Crippen molar-refractivity contribution < 1.29 is 22.7 Å². The lowest BCUT2D eigenvalue weighted by atomic mass is 9.94. The van der Waals surface area contributed by atoms with Crippen molar-refractivity contribution in [1.82, 2.24) is 10.2 Å². The SMILES string of the molecule is COc1cccc(CN(C(=O)CN(c2ccc(Br)cc2)S(=O)(=O)c2ccccc2)C(Cc2ccccc2)C(=O)NC2CCCCC2)c1. The van der Waals surface area contributed by atoms with Crippen molar-refractivity contribution in [1.29, 1.82) is 0 Å². The van der Waals surface area contributed by atoms with Gasteiger partial charge in [-0.25, -0.2) is 8.42 Å². The van der Waals surface area contributed by atoms with Gasteiger partial charge in [-0.05, 0) is 72.5 Å². The number of hydrogen-bond acceptors (Lipinski definition) is 5. The Morgan fingerprint density at radius 2 is 1.49 bits per heavy atom. The van der Waals surface area contributed by atoms with Gasteiger partial charge in [0.2, 0.25) is 11.8 Å². The summed E-state index contributed by atoms with van der Waals surface area (Å²) in [6.07, 6.45) is 5.27. The Morgan fingerprint density at radius 3 is 2.15 bits per heavy atom. The minimum Gasteiger partial charge on any atom is -0.497 e. The molecule has 1 aliphatic carbocycles. The Morgan fingerprint density at radius 1 is 0.851 bits per heavy atom. The van der Waals surface area contributed by atoms with Crippen LogP contribution in [0.1, 0.15) is 43.2 Å². The highest BCUT2D eigenvalue weighted by atomic mass is 79.9. The first-order valence-corrected chi connectivity index (χ1v) is 18.1. The molecule has 0 aromatic heterocycles. The zero-order valence-corrected chi connectivity index (χ0v) is 28.8. The summed E-state index contributed by atoms with van der Waals surface area (Å²) in [5.74, 6) is -0.141. The Bertz CT molecular complexity index is 1730. The highest BCUT2D eigenvalue weighted by molar-refractivity contribution is 9.10. The highest BCUT2D eigenvalue weighted by Crippen LogP contribution is 2.27. The molecule has 4 aromatic carbocycles. The van der Waals surface area contributed by atoms with Gasteiger partial charge in [-0.2, -0.15) is 0 Å². The van der Waals surface area contributed by atoms with Gasteiger partial charge >= 0.3 is 0 Å². The lowest BCUT2D eigenvalue weighted by Gasteiger charge is -2.35. The van der Waals surface area contributed by atoms with Crippen molar-refractivity contribution in [2.75, 3.05) is 18.0 Å². The highest BCUT2D eigenvalue weighted by Gasteiger charge is 2.35. The fraction of sp³-hybridized carbons (Fsp3) is 0.297. The summed E-state index contributed by atoms with van der Waals surface area (Å²) in [7, 11) is -2.58. The average molecular weight is 719 g/mol. The van der Waals surface area contributed by atoms with Crippen molar-refractivity contribution in [3.63, 3.8) is 0 Å². The molecular weight excluding hydrogens is 678 g/mol. The first-order valence-electron chi connectivity index (χ1n) is 15.8. The van der Waals surface area contributed by atoms with Gasteiger partial charge in [0.15, 0.2) is 0 Å². The molecule has 1 N–H and O–H groups in total. The monoisotopic (exact) mass is 717 g/mol. The summed E-state index contributed by atoms with van der Waals surface area (Å²) in [5.41, 5.74) is 1.97. The minimum absolute atomic E-state index is 0.0287. The molecule has 1 unspecified atom stereocenters. The summed E-state index contributed by atoms with van der Waals surface area (Å²) in [6.45, 7) is -0.435. The Kier molecular flexibility index (Phi) is 11.7. The number of amides is 2. The smallest absolute Gasteiger partial charge is 0.264 e. The number of hydrogen-bond donors (Lipinski definition) is 1. The predicted octanol–water partition coefficient (Wildman–Crippen LogP) is 6.74. The third-order valence-corrected chi connectivity index (χ3v) is 10.8. The number of rotatable bonds is 13. The van der Waals surface area contributed by atoms with Gasteiger partial charge in [0, 0.05) is 23.5 Å². The van der Waals surface area contributed by atoms with Crippen LogP contribution >= 0.6 is 15.9 Å². The molecule has 47 heavy (non-hydrogen) atoms. The van der Waals surface area contributed by atoms with Crippen molar-refractivity contribution in [3.8, 4) is 5.75 Å². The van der Waals surface area contributed by atoms with Crippen LogP contribution in [0.4, 0.5) is 5.69 Å². The minimum atomic E-state index is -4.16. The summed E-state index contributed by atoms with van der Waals surface area (Å²) < 4.78 is 35.6. The lowest BCUT2D eigenvalue weighted by molar-refractivity contribution is -0.140. The molecule has 0 aliphatic heterocycles. The quantitative estimate of drug-likeness (QED) is 0.165. The fourth-order valence-electron chi connectivity index (χ4n) is 5.92. The van der Waals surface area contributed by atoms with Crippen LogP contribution in [0.3, 0.4) is 0 Å². The van der Waals surface area contributed by atoms with E-state index in [2.05, 4.69) is 21.2 Å². The number of benzene rings is 4. The van der Waals surface area contributed by atoms with E-state index in [9.17, 15) is 18.0 Å². The summed E-state index contributed by atoms with van der Waals surface area (Å²) >= 11 is 3.42. The van der Waals surface area contributed by atoms with Gasteiger partial charge in [-0.15, -0.1) is 0 Å². The molecule has 0 heterocycles. The fourth-order valence-corrected chi connectivity index (χ4v) is 7.62. The van der Waals surface area contributed by atoms with E-state index in [0.29, 0.717) is 11.4 Å². The number of nitrogens with one attached hydrogen (secondary N) is 1. The molecule has 246 valence electrons. The first kappa shape index (κ1) is 34.2. The number of ether oxygens (including phenoxy) is 1. The van der Waals surface area contributed by atoms with Crippen molar-refractivity contribution in [2.24, 2.45) is 0 Å². The van der Waals surface area contributed by atoms with Gasteiger partial charge in [-0.3, -0.25) is 13.9 Å². The van der Waals surface area contributed by atoms with E-state index in [1.807, 2.05) is 54.6 Å². The predicted molar refractivity (Wildman–Crippen MR) is 188 cm³/mol. The normalized spacial score (nSPS) is 14.2. The molecule has 10 heteroatoms. The molecule has 1 saturated carbocycles. The molecule has 0 radical (unpaired) electrons. The number of carbonyl (C=O) groups is 2. The van der Waals surface area contributed by atoms with Crippen LogP contribution in [0.25, 0.3) is 0 Å². The molecule has 1 atom stereocenters.